The van der Waals surface area contributed by atoms with Crippen LogP contribution in [0, 0.1) is 0 Å². The zero-order valence-electron chi connectivity index (χ0n) is 14.0. The van der Waals surface area contributed by atoms with Gasteiger partial charge in [0.05, 0.1) is 5.54 Å². The molecule has 2 unspecified atom stereocenters. The number of carbonyl (C=O) groups excluding carboxylic acids is 1. The number of amides is 1. The summed E-state index contributed by atoms with van der Waals surface area (Å²) in [5.41, 5.74) is 5.13. The molecule has 0 aromatic carbocycles. The van der Waals surface area contributed by atoms with Crippen LogP contribution >= 0.6 is 0 Å². The zero-order chi connectivity index (χ0) is 15.5. The van der Waals surface area contributed by atoms with Crippen molar-refractivity contribution in [1.82, 2.24) is 10.2 Å². The highest BCUT2D eigenvalue weighted by Crippen LogP contribution is 2.29. The van der Waals surface area contributed by atoms with E-state index < -0.39 is 5.54 Å². The minimum Gasteiger partial charge on any atom is -0.368 e. The largest absolute Gasteiger partial charge is 0.368 e. The molecule has 2 rings (SSSR count). The van der Waals surface area contributed by atoms with Crippen LogP contribution in [-0.4, -0.2) is 41.0 Å². The Morgan fingerprint density at radius 3 is 2.38 bits per heavy atom. The third-order valence-corrected chi connectivity index (χ3v) is 5.32. The predicted octanol–water partition coefficient (Wildman–Crippen LogP) is 2.42. The molecule has 0 bridgehead atoms. The highest BCUT2D eigenvalue weighted by molar-refractivity contribution is 5.84. The van der Waals surface area contributed by atoms with Gasteiger partial charge in [-0.15, -0.1) is 0 Å². The van der Waals surface area contributed by atoms with Crippen molar-refractivity contribution in [2.75, 3.05) is 6.54 Å². The van der Waals surface area contributed by atoms with Gasteiger partial charge in [-0.05, 0) is 52.5 Å². The number of hydrogen-bond donors (Lipinski definition) is 2. The minimum atomic E-state index is -0.567. The van der Waals surface area contributed by atoms with Gasteiger partial charge in [0.25, 0.3) is 0 Å². The van der Waals surface area contributed by atoms with Crippen LogP contribution < -0.4 is 11.1 Å². The first kappa shape index (κ1) is 16.8. The molecule has 2 atom stereocenters. The number of carbonyl (C=O) groups is 1. The van der Waals surface area contributed by atoms with E-state index in [1.165, 1.54) is 44.9 Å². The summed E-state index contributed by atoms with van der Waals surface area (Å²) in [5.74, 6) is -0.207. The van der Waals surface area contributed by atoms with Crippen LogP contribution in [0.3, 0.4) is 0 Å². The predicted molar refractivity (Wildman–Crippen MR) is 87.1 cm³/mol. The van der Waals surface area contributed by atoms with Gasteiger partial charge in [-0.2, -0.15) is 0 Å². The normalized spacial score (nSPS) is 24.8. The van der Waals surface area contributed by atoms with Crippen molar-refractivity contribution < 1.29 is 4.79 Å². The Hall–Kier alpha value is -0.610. The van der Waals surface area contributed by atoms with Gasteiger partial charge in [0.1, 0.15) is 0 Å². The molecule has 4 heteroatoms. The lowest BCUT2D eigenvalue weighted by atomic mass is 9.88. The molecule has 2 fully saturated rings. The van der Waals surface area contributed by atoms with Crippen molar-refractivity contribution in [3.05, 3.63) is 0 Å². The Morgan fingerprint density at radius 1 is 1.29 bits per heavy atom. The van der Waals surface area contributed by atoms with Gasteiger partial charge in [0, 0.05) is 18.1 Å². The second-order valence-corrected chi connectivity index (χ2v) is 7.29. The van der Waals surface area contributed by atoms with E-state index in [0.717, 1.165) is 13.0 Å². The van der Waals surface area contributed by atoms with Crippen LogP contribution in [0.5, 0.6) is 0 Å². The molecular weight excluding hydrogens is 262 g/mol. The van der Waals surface area contributed by atoms with Crippen LogP contribution in [0.25, 0.3) is 0 Å². The second kappa shape index (κ2) is 7.10. The van der Waals surface area contributed by atoms with Crippen molar-refractivity contribution in [2.24, 2.45) is 5.73 Å². The topological polar surface area (TPSA) is 58.4 Å². The molecular formula is C17H33N3O. The van der Waals surface area contributed by atoms with Gasteiger partial charge in [0.15, 0.2) is 0 Å². The summed E-state index contributed by atoms with van der Waals surface area (Å²) in [4.78, 5) is 14.5. The number of hydrogen-bond acceptors (Lipinski definition) is 3. The average Bonchev–Trinajstić information content (AvgIpc) is 3.24. The summed E-state index contributed by atoms with van der Waals surface area (Å²) < 4.78 is 0. The molecule has 0 aliphatic heterocycles. The summed E-state index contributed by atoms with van der Waals surface area (Å²) in [6.45, 7) is 7.54. The lowest BCUT2D eigenvalue weighted by Gasteiger charge is -2.41. The second-order valence-electron chi connectivity index (χ2n) is 7.29. The lowest BCUT2D eigenvalue weighted by molar-refractivity contribution is -0.124. The van der Waals surface area contributed by atoms with Gasteiger partial charge in [-0.1, -0.05) is 26.2 Å². The molecule has 0 aromatic heterocycles. The highest BCUT2D eigenvalue weighted by atomic mass is 16.1. The van der Waals surface area contributed by atoms with E-state index >= 15 is 0 Å². The van der Waals surface area contributed by atoms with E-state index in [1.807, 2.05) is 6.92 Å². The molecule has 21 heavy (non-hydrogen) atoms. The first-order valence-electron chi connectivity index (χ1n) is 8.79. The molecule has 3 N–H and O–H groups in total. The molecule has 2 aliphatic rings. The Bertz CT molecular complexity index is 350. The smallest absolute Gasteiger partial charge is 0.237 e. The summed E-state index contributed by atoms with van der Waals surface area (Å²) >= 11 is 0. The fourth-order valence-electron chi connectivity index (χ4n) is 3.96. The van der Waals surface area contributed by atoms with Crippen molar-refractivity contribution in [3.8, 4) is 0 Å². The standard InChI is InChI=1S/C17H33N3O/c1-4-20(15-8-6-5-7-9-15)13(2)12-17(3,16(18)21)19-14-10-11-14/h13-15,19H,4-12H2,1-3H3,(H2,18,21). The first-order chi connectivity index (χ1) is 9.96. The Balaban J connectivity index is 1.97. The van der Waals surface area contributed by atoms with E-state index in [2.05, 4.69) is 24.1 Å². The van der Waals surface area contributed by atoms with Gasteiger partial charge in [-0.3, -0.25) is 9.69 Å². The fourth-order valence-corrected chi connectivity index (χ4v) is 3.96. The van der Waals surface area contributed by atoms with Crippen LogP contribution in [0.15, 0.2) is 0 Å². The lowest BCUT2D eigenvalue weighted by Crippen LogP contribution is -2.58. The van der Waals surface area contributed by atoms with E-state index in [-0.39, 0.29) is 5.91 Å². The maximum Gasteiger partial charge on any atom is 0.237 e. The maximum atomic E-state index is 11.9. The van der Waals surface area contributed by atoms with Crippen LogP contribution in [0.4, 0.5) is 0 Å². The van der Waals surface area contributed by atoms with Crippen LogP contribution in [0.1, 0.15) is 72.1 Å². The molecule has 2 aliphatic carbocycles. The van der Waals surface area contributed by atoms with E-state index in [1.54, 1.807) is 0 Å². The molecule has 0 aromatic rings. The number of primary amides is 1. The molecule has 0 heterocycles. The molecule has 2 saturated carbocycles. The number of nitrogens with zero attached hydrogens (tertiary/aromatic N) is 1. The maximum absolute atomic E-state index is 11.9. The van der Waals surface area contributed by atoms with Gasteiger partial charge in [0.2, 0.25) is 5.91 Å². The van der Waals surface area contributed by atoms with Gasteiger partial charge < -0.3 is 11.1 Å². The van der Waals surface area contributed by atoms with Crippen LogP contribution in [0.2, 0.25) is 0 Å². The van der Waals surface area contributed by atoms with Crippen molar-refractivity contribution in [3.63, 3.8) is 0 Å². The minimum absolute atomic E-state index is 0.207. The zero-order valence-corrected chi connectivity index (χ0v) is 14.0. The molecule has 0 radical (unpaired) electrons. The first-order valence-corrected chi connectivity index (χ1v) is 8.79. The monoisotopic (exact) mass is 295 g/mol. The quantitative estimate of drug-likeness (QED) is 0.723. The van der Waals surface area contributed by atoms with Crippen LogP contribution in [-0.2, 0) is 4.79 Å². The molecule has 0 spiro atoms. The van der Waals surface area contributed by atoms with Crippen molar-refractivity contribution >= 4 is 5.91 Å². The van der Waals surface area contributed by atoms with E-state index in [4.69, 9.17) is 5.73 Å². The summed E-state index contributed by atoms with van der Waals surface area (Å²) in [5, 5.41) is 3.48. The third kappa shape index (κ3) is 4.43. The van der Waals surface area contributed by atoms with E-state index in [9.17, 15) is 4.79 Å². The Kier molecular flexibility index (Phi) is 5.67. The van der Waals surface area contributed by atoms with Crippen molar-refractivity contribution in [1.29, 1.82) is 0 Å². The Labute approximate surface area is 129 Å². The third-order valence-electron chi connectivity index (χ3n) is 5.32. The molecule has 4 nitrogen and oxygen atoms in total. The van der Waals surface area contributed by atoms with Gasteiger partial charge in [-0.25, -0.2) is 0 Å². The number of nitrogens with one attached hydrogen (secondary N) is 1. The summed E-state index contributed by atoms with van der Waals surface area (Å²) in [7, 11) is 0. The number of rotatable bonds is 8. The highest BCUT2D eigenvalue weighted by Gasteiger charge is 2.39. The number of nitrogens with two attached hydrogens (primary N) is 1. The summed E-state index contributed by atoms with van der Waals surface area (Å²) in [6, 6.07) is 1.58. The van der Waals surface area contributed by atoms with E-state index in [0.29, 0.717) is 18.1 Å². The molecule has 1 amide bonds. The van der Waals surface area contributed by atoms with Gasteiger partial charge >= 0.3 is 0 Å². The summed E-state index contributed by atoms with van der Waals surface area (Å²) in [6.07, 6.45) is 9.86. The van der Waals surface area contributed by atoms with Crippen molar-refractivity contribution in [2.45, 2.75) is 95.8 Å². The average molecular weight is 295 g/mol. The molecule has 0 saturated heterocycles. The Morgan fingerprint density at radius 2 is 1.90 bits per heavy atom. The molecule has 122 valence electrons. The SMILES string of the molecule is CCN(C(C)CC(C)(NC1CC1)C(N)=O)C1CCCCC1. The fraction of sp³-hybridized carbons (Fsp3) is 0.941.